The molecule has 1 rings (SSSR count). The molecule has 2 unspecified atom stereocenters. The first kappa shape index (κ1) is 12.5. The van der Waals surface area contributed by atoms with Crippen molar-refractivity contribution in [2.24, 2.45) is 5.73 Å². The quantitative estimate of drug-likeness (QED) is 0.755. The van der Waals surface area contributed by atoms with E-state index in [9.17, 15) is 0 Å². The Morgan fingerprint density at radius 1 is 1.40 bits per heavy atom. The van der Waals surface area contributed by atoms with Crippen LogP contribution in [0.1, 0.15) is 37.5 Å². The van der Waals surface area contributed by atoms with Crippen LogP contribution in [0.25, 0.3) is 0 Å². The summed E-state index contributed by atoms with van der Waals surface area (Å²) < 4.78 is 0. The molecule has 0 aliphatic heterocycles. The van der Waals surface area contributed by atoms with E-state index < -0.39 is 0 Å². The van der Waals surface area contributed by atoms with Crippen LogP contribution in [0.4, 0.5) is 0 Å². The zero-order valence-corrected chi connectivity index (χ0v) is 10.3. The van der Waals surface area contributed by atoms with Gasteiger partial charge in [0.1, 0.15) is 0 Å². The SMILES string of the molecule is CCCCSC(c1ccncc1)C(C)N. The van der Waals surface area contributed by atoms with Gasteiger partial charge in [0.15, 0.2) is 0 Å². The summed E-state index contributed by atoms with van der Waals surface area (Å²) in [7, 11) is 0. The van der Waals surface area contributed by atoms with Gasteiger partial charge < -0.3 is 5.73 Å². The standard InChI is InChI=1S/C12H20N2S/c1-3-4-9-15-12(10(2)13)11-5-7-14-8-6-11/h5-8,10,12H,3-4,9,13H2,1-2H3. The molecule has 84 valence electrons. The molecule has 0 aliphatic carbocycles. The second kappa shape index (κ2) is 6.85. The van der Waals surface area contributed by atoms with Gasteiger partial charge in [0, 0.05) is 23.7 Å². The van der Waals surface area contributed by atoms with Crippen molar-refractivity contribution >= 4 is 11.8 Å². The van der Waals surface area contributed by atoms with Crippen LogP contribution in [0.15, 0.2) is 24.5 Å². The van der Waals surface area contributed by atoms with Gasteiger partial charge in [-0.3, -0.25) is 4.98 Å². The zero-order chi connectivity index (χ0) is 11.1. The lowest BCUT2D eigenvalue weighted by molar-refractivity contribution is 0.718. The molecule has 0 spiro atoms. The van der Waals surface area contributed by atoms with E-state index in [1.54, 1.807) is 0 Å². The fourth-order valence-electron chi connectivity index (χ4n) is 1.46. The van der Waals surface area contributed by atoms with Gasteiger partial charge in [-0.25, -0.2) is 0 Å². The van der Waals surface area contributed by atoms with Crippen molar-refractivity contribution in [3.8, 4) is 0 Å². The van der Waals surface area contributed by atoms with Crippen molar-refractivity contribution in [2.45, 2.75) is 38.0 Å². The maximum Gasteiger partial charge on any atom is 0.0446 e. The Bertz CT molecular complexity index is 262. The third-order valence-electron chi connectivity index (χ3n) is 2.31. The number of rotatable bonds is 6. The summed E-state index contributed by atoms with van der Waals surface area (Å²) >= 11 is 1.95. The molecule has 2 nitrogen and oxygen atoms in total. The lowest BCUT2D eigenvalue weighted by Gasteiger charge is -2.20. The van der Waals surface area contributed by atoms with Crippen LogP contribution in [0.3, 0.4) is 0 Å². The number of pyridine rings is 1. The molecule has 0 radical (unpaired) electrons. The molecule has 0 aromatic carbocycles. The van der Waals surface area contributed by atoms with Gasteiger partial charge in [-0.15, -0.1) is 0 Å². The Hall–Kier alpha value is -0.540. The monoisotopic (exact) mass is 224 g/mol. The minimum Gasteiger partial charge on any atom is -0.327 e. The average molecular weight is 224 g/mol. The Balaban J connectivity index is 2.58. The first-order valence-electron chi connectivity index (χ1n) is 5.52. The highest BCUT2D eigenvalue weighted by molar-refractivity contribution is 7.99. The topological polar surface area (TPSA) is 38.9 Å². The number of unbranched alkanes of at least 4 members (excludes halogenated alkanes) is 1. The summed E-state index contributed by atoms with van der Waals surface area (Å²) in [4.78, 5) is 4.03. The fourth-order valence-corrected chi connectivity index (χ4v) is 2.82. The second-order valence-electron chi connectivity index (χ2n) is 3.78. The fraction of sp³-hybridized carbons (Fsp3) is 0.583. The molecule has 2 atom stereocenters. The second-order valence-corrected chi connectivity index (χ2v) is 5.03. The summed E-state index contributed by atoms with van der Waals surface area (Å²) in [5, 5.41) is 0.402. The summed E-state index contributed by atoms with van der Waals surface area (Å²) in [6.07, 6.45) is 6.18. The molecular weight excluding hydrogens is 204 g/mol. The number of aromatic nitrogens is 1. The molecule has 3 heteroatoms. The van der Waals surface area contributed by atoms with Crippen molar-refractivity contribution in [1.82, 2.24) is 4.98 Å². The Morgan fingerprint density at radius 2 is 2.07 bits per heavy atom. The normalized spacial score (nSPS) is 14.9. The molecule has 0 aliphatic rings. The van der Waals surface area contributed by atoms with E-state index in [-0.39, 0.29) is 6.04 Å². The van der Waals surface area contributed by atoms with Crippen LogP contribution in [0, 0.1) is 0 Å². The van der Waals surface area contributed by atoms with E-state index in [0.29, 0.717) is 5.25 Å². The van der Waals surface area contributed by atoms with Crippen molar-refractivity contribution in [3.05, 3.63) is 30.1 Å². The molecule has 0 saturated carbocycles. The summed E-state index contributed by atoms with van der Waals surface area (Å²) in [6.45, 7) is 4.29. The van der Waals surface area contributed by atoms with E-state index >= 15 is 0 Å². The predicted molar refractivity (Wildman–Crippen MR) is 68.0 cm³/mol. The molecule has 15 heavy (non-hydrogen) atoms. The molecule has 2 N–H and O–H groups in total. The van der Waals surface area contributed by atoms with E-state index in [4.69, 9.17) is 5.73 Å². The molecule has 0 amide bonds. The third kappa shape index (κ3) is 4.22. The lowest BCUT2D eigenvalue weighted by atomic mass is 10.1. The van der Waals surface area contributed by atoms with Crippen LogP contribution >= 0.6 is 11.8 Å². The van der Waals surface area contributed by atoms with Gasteiger partial charge in [0.05, 0.1) is 0 Å². The minimum atomic E-state index is 0.189. The lowest BCUT2D eigenvalue weighted by Crippen LogP contribution is -2.22. The first-order chi connectivity index (χ1) is 7.25. The third-order valence-corrected chi connectivity index (χ3v) is 3.89. The average Bonchev–Trinajstić information content (AvgIpc) is 2.25. The molecule has 0 fully saturated rings. The molecular formula is C12H20N2S. The maximum absolute atomic E-state index is 6.01. The van der Waals surface area contributed by atoms with Gasteiger partial charge in [-0.1, -0.05) is 13.3 Å². The molecule has 1 heterocycles. The van der Waals surface area contributed by atoms with Gasteiger partial charge in [0.25, 0.3) is 0 Å². The van der Waals surface area contributed by atoms with E-state index in [0.717, 1.165) is 0 Å². The van der Waals surface area contributed by atoms with Gasteiger partial charge >= 0.3 is 0 Å². The molecule has 0 saturated heterocycles. The summed E-state index contributed by atoms with van der Waals surface area (Å²) in [5.74, 6) is 1.19. The number of thioether (sulfide) groups is 1. The number of nitrogens with two attached hydrogens (primary N) is 1. The van der Waals surface area contributed by atoms with Crippen LogP contribution in [-0.4, -0.2) is 16.8 Å². The highest BCUT2D eigenvalue weighted by Crippen LogP contribution is 2.31. The van der Waals surface area contributed by atoms with Crippen molar-refractivity contribution < 1.29 is 0 Å². The largest absolute Gasteiger partial charge is 0.327 e. The van der Waals surface area contributed by atoms with Crippen LogP contribution in [-0.2, 0) is 0 Å². The zero-order valence-electron chi connectivity index (χ0n) is 9.52. The summed E-state index contributed by atoms with van der Waals surface area (Å²) in [6, 6.07) is 4.31. The molecule has 0 bridgehead atoms. The van der Waals surface area contributed by atoms with E-state index in [2.05, 4.69) is 31.0 Å². The predicted octanol–water partition coefficient (Wildman–Crippen LogP) is 3.00. The van der Waals surface area contributed by atoms with Gasteiger partial charge in [-0.05, 0) is 36.8 Å². The van der Waals surface area contributed by atoms with E-state index in [1.807, 2.05) is 24.2 Å². The maximum atomic E-state index is 6.01. The van der Waals surface area contributed by atoms with Gasteiger partial charge in [-0.2, -0.15) is 11.8 Å². The minimum absolute atomic E-state index is 0.189. The highest BCUT2D eigenvalue weighted by atomic mass is 32.2. The van der Waals surface area contributed by atoms with Crippen molar-refractivity contribution in [2.75, 3.05) is 5.75 Å². The number of hydrogen-bond donors (Lipinski definition) is 1. The Kier molecular flexibility index (Phi) is 5.73. The number of hydrogen-bond acceptors (Lipinski definition) is 3. The van der Waals surface area contributed by atoms with Crippen molar-refractivity contribution in [3.63, 3.8) is 0 Å². The van der Waals surface area contributed by atoms with E-state index in [1.165, 1.54) is 24.2 Å². The first-order valence-corrected chi connectivity index (χ1v) is 6.57. The van der Waals surface area contributed by atoms with Crippen LogP contribution in [0.5, 0.6) is 0 Å². The van der Waals surface area contributed by atoms with Gasteiger partial charge in [0.2, 0.25) is 0 Å². The number of nitrogens with zero attached hydrogens (tertiary/aromatic N) is 1. The smallest absolute Gasteiger partial charge is 0.0446 e. The molecule has 1 aromatic heterocycles. The van der Waals surface area contributed by atoms with Crippen LogP contribution < -0.4 is 5.73 Å². The Morgan fingerprint density at radius 3 is 2.60 bits per heavy atom. The van der Waals surface area contributed by atoms with Crippen molar-refractivity contribution in [1.29, 1.82) is 0 Å². The molecule has 1 aromatic rings. The Labute approximate surface area is 96.7 Å². The van der Waals surface area contributed by atoms with Crippen LogP contribution in [0.2, 0.25) is 0 Å². The highest BCUT2D eigenvalue weighted by Gasteiger charge is 2.15. The summed E-state index contributed by atoms with van der Waals surface area (Å²) in [5.41, 5.74) is 7.30.